The van der Waals surface area contributed by atoms with Gasteiger partial charge in [0.05, 0.1) is 12.5 Å². The molecule has 36 heavy (non-hydrogen) atoms. The zero-order chi connectivity index (χ0) is 26.1. The minimum Gasteiger partial charge on any atom is -0.468 e. The molecule has 2 saturated heterocycles. The lowest BCUT2D eigenvalue weighted by Gasteiger charge is -2.40. The molecular weight excluding hydrogens is 483 g/mol. The molecule has 0 radical (unpaired) electrons. The molecule has 9 heteroatoms. The van der Waals surface area contributed by atoms with E-state index in [0.29, 0.717) is 44.3 Å². The smallest absolute Gasteiger partial charge is 0.316 e. The number of halogens is 1. The summed E-state index contributed by atoms with van der Waals surface area (Å²) in [4.78, 5) is 26.3. The molecule has 2 atom stereocenters. The minimum atomic E-state index is -3.70. The summed E-state index contributed by atoms with van der Waals surface area (Å²) >= 11 is 0. The van der Waals surface area contributed by atoms with Gasteiger partial charge in [-0.05, 0) is 49.8 Å². The monoisotopic (exact) mass is 516 g/mol. The number of ether oxygens (including phenoxy) is 1. The van der Waals surface area contributed by atoms with Crippen molar-refractivity contribution in [2.45, 2.75) is 62.8 Å². The van der Waals surface area contributed by atoms with Crippen molar-refractivity contribution < 1.29 is 27.1 Å². The number of hydrogen-bond donors (Lipinski definition) is 0. The number of rotatable bonds is 5. The zero-order valence-corrected chi connectivity index (χ0v) is 21.8. The summed E-state index contributed by atoms with van der Waals surface area (Å²) in [5.41, 5.74) is 0.421. The Kier molecular flexibility index (Phi) is 7.52. The maximum Gasteiger partial charge on any atom is 0.316 e. The van der Waals surface area contributed by atoms with Crippen molar-refractivity contribution in [2.75, 3.05) is 20.2 Å². The lowest BCUT2D eigenvalue weighted by Crippen LogP contribution is -2.49. The number of likely N-dealkylation sites (tertiary alicyclic amines) is 1. The molecule has 194 valence electrons. The van der Waals surface area contributed by atoms with Gasteiger partial charge in [0.1, 0.15) is 11.1 Å². The molecule has 2 aliphatic rings. The predicted octanol–water partition coefficient (Wildman–Crippen LogP) is 3.93. The van der Waals surface area contributed by atoms with Crippen molar-refractivity contribution >= 4 is 21.9 Å². The van der Waals surface area contributed by atoms with Crippen molar-refractivity contribution in [3.8, 4) is 0 Å². The Balaban J connectivity index is 1.61. The number of carbonyl (C=O) groups is 2. The molecule has 0 aromatic heterocycles. The van der Waals surface area contributed by atoms with Crippen LogP contribution in [-0.4, -0.2) is 55.7 Å². The second-order valence-corrected chi connectivity index (χ2v) is 11.9. The van der Waals surface area contributed by atoms with E-state index in [1.165, 1.54) is 24.4 Å². The molecule has 4 rings (SSSR count). The van der Waals surface area contributed by atoms with Crippen LogP contribution in [0.3, 0.4) is 0 Å². The number of hydrogen-bond acceptors (Lipinski definition) is 5. The molecule has 2 heterocycles. The molecule has 0 saturated carbocycles. The van der Waals surface area contributed by atoms with E-state index in [9.17, 15) is 18.0 Å². The minimum absolute atomic E-state index is 0.0688. The molecule has 2 fully saturated rings. The van der Waals surface area contributed by atoms with E-state index in [-0.39, 0.29) is 24.1 Å². The average molecular weight is 517 g/mol. The Morgan fingerprint density at radius 2 is 1.75 bits per heavy atom. The van der Waals surface area contributed by atoms with Crippen molar-refractivity contribution in [1.82, 2.24) is 9.21 Å². The molecule has 1 amide bonds. The molecule has 7 nitrogen and oxygen atoms in total. The van der Waals surface area contributed by atoms with E-state index in [2.05, 4.69) is 0 Å². The van der Waals surface area contributed by atoms with Crippen molar-refractivity contribution in [1.29, 1.82) is 0 Å². The van der Waals surface area contributed by atoms with Gasteiger partial charge in [-0.3, -0.25) is 9.59 Å². The van der Waals surface area contributed by atoms with Crippen LogP contribution in [0, 0.1) is 5.82 Å². The van der Waals surface area contributed by atoms with E-state index in [0.717, 1.165) is 5.56 Å². The van der Waals surface area contributed by atoms with Crippen LogP contribution in [0.5, 0.6) is 0 Å². The molecule has 0 spiro atoms. The van der Waals surface area contributed by atoms with Crippen LogP contribution in [0.4, 0.5) is 4.39 Å². The molecule has 0 N–H and O–H groups in total. The van der Waals surface area contributed by atoms with Crippen molar-refractivity contribution in [3.05, 3.63) is 71.0 Å². The first-order valence-corrected chi connectivity index (χ1v) is 13.8. The Morgan fingerprint density at radius 1 is 1.08 bits per heavy atom. The van der Waals surface area contributed by atoms with Crippen molar-refractivity contribution in [3.63, 3.8) is 0 Å². The summed E-state index contributed by atoms with van der Waals surface area (Å²) in [6, 6.07) is 13.5. The van der Waals surface area contributed by atoms with E-state index in [4.69, 9.17) is 4.74 Å². The van der Waals surface area contributed by atoms with Gasteiger partial charge in [0, 0.05) is 38.2 Å². The van der Waals surface area contributed by atoms with Gasteiger partial charge in [0.2, 0.25) is 15.9 Å². The summed E-state index contributed by atoms with van der Waals surface area (Å²) in [6.07, 6.45) is 1.85. The highest BCUT2D eigenvalue weighted by Gasteiger charge is 2.45. The molecular formula is C27H33FN2O5S. The molecule has 0 unspecified atom stereocenters. The Labute approximate surface area is 212 Å². The molecule has 0 bridgehead atoms. The Bertz CT molecular complexity index is 1230. The van der Waals surface area contributed by atoms with Crippen LogP contribution in [0.2, 0.25) is 0 Å². The third kappa shape index (κ3) is 4.78. The maximum atomic E-state index is 15.5. The number of benzene rings is 2. The lowest BCUT2D eigenvalue weighted by atomic mass is 9.72. The second kappa shape index (κ2) is 10.3. The molecule has 2 aromatic carbocycles. The summed E-state index contributed by atoms with van der Waals surface area (Å²) in [7, 11) is -2.40. The van der Waals surface area contributed by atoms with Crippen LogP contribution in [-0.2, 0) is 36.3 Å². The fourth-order valence-electron chi connectivity index (χ4n) is 5.50. The van der Waals surface area contributed by atoms with Crippen LogP contribution >= 0.6 is 0 Å². The predicted molar refractivity (Wildman–Crippen MR) is 134 cm³/mol. The number of carbonyl (C=O) groups excluding carboxylic acids is 2. The SMILES string of the molecule is COC(=O)C1(c2ccc(CN3[C@@H](C)CC[C@H](c4ccccc4)S3(=O)=O)c(F)c2)CCN(C(C)=O)CC1. The lowest BCUT2D eigenvalue weighted by molar-refractivity contribution is -0.151. The van der Waals surface area contributed by atoms with Gasteiger partial charge in [-0.25, -0.2) is 12.8 Å². The highest BCUT2D eigenvalue weighted by Crippen LogP contribution is 2.40. The van der Waals surface area contributed by atoms with E-state index < -0.39 is 32.5 Å². The molecule has 2 aliphatic heterocycles. The summed E-state index contributed by atoms with van der Waals surface area (Å²) in [5.74, 6) is -1.09. The van der Waals surface area contributed by atoms with E-state index in [1.807, 2.05) is 37.3 Å². The van der Waals surface area contributed by atoms with Crippen LogP contribution in [0.1, 0.15) is 61.5 Å². The first-order chi connectivity index (χ1) is 17.1. The summed E-state index contributed by atoms with van der Waals surface area (Å²) in [5, 5.41) is -0.661. The molecule has 2 aromatic rings. The van der Waals surface area contributed by atoms with Gasteiger partial charge < -0.3 is 9.64 Å². The average Bonchev–Trinajstić information content (AvgIpc) is 2.87. The van der Waals surface area contributed by atoms with Gasteiger partial charge in [0.25, 0.3) is 0 Å². The maximum absolute atomic E-state index is 15.5. The standard InChI is InChI=1S/C27H33FN2O5S/c1-19-9-12-25(21-7-5-4-6-8-21)36(33,34)30(19)18-22-10-11-23(17-24(22)28)27(26(32)35-3)13-15-29(16-14-27)20(2)31/h4-8,10-11,17,19,25H,9,12-16,18H2,1-3H3/t19-,25+/m0/s1. The van der Waals surface area contributed by atoms with Gasteiger partial charge in [-0.15, -0.1) is 0 Å². The van der Waals surface area contributed by atoms with Crippen molar-refractivity contribution in [2.24, 2.45) is 0 Å². The highest BCUT2D eigenvalue weighted by molar-refractivity contribution is 7.89. The topological polar surface area (TPSA) is 84.0 Å². The third-order valence-corrected chi connectivity index (χ3v) is 10.1. The fourth-order valence-corrected chi connectivity index (χ4v) is 7.69. The highest BCUT2D eigenvalue weighted by atomic mass is 32.2. The van der Waals surface area contributed by atoms with Crippen LogP contribution in [0.15, 0.2) is 48.5 Å². The third-order valence-electron chi connectivity index (χ3n) is 7.77. The normalized spacial score (nSPS) is 23.7. The quantitative estimate of drug-likeness (QED) is 0.563. The number of nitrogens with zero attached hydrogens (tertiary/aromatic N) is 2. The second-order valence-electron chi connectivity index (χ2n) is 9.80. The first-order valence-electron chi connectivity index (χ1n) is 12.3. The Morgan fingerprint density at radius 3 is 2.33 bits per heavy atom. The van der Waals surface area contributed by atoms with E-state index >= 15 is 4.39 Å². The number of esters is 1. The number of amides is 1. The van der Waals surface area contributed by atoms with Gasteiger partial charge in [0.15, 0.2) is 0 Å². The summed E-state index contributed by atoms with van der Waals surface area (Å²) in [6.45, 7) is 4.00. The molecule has 0 aliphatic carbocycles. The van der Waals surface area contributed by atoms with Crippen LogP contribution < -0.4 is 0 Å². The van der Waals surface area contributed by atoms with Gasteiger partial charge in [-0.2, -0.15) is 4.31 Å². The number of piperidine rings is 1. The van der Waals surface area contributed by atoms with Gasteiger partial charge in [-0.1, -0.05) is 42.5 Å². The summed E-state index contributed by atoms with van der Waals surface area (Å²) < 4.78 is 49.0. The largest absolute Gasteiger partial charge is 0.468 e. The Hall–Kier alpha value is -2.78. The zero-order valence-electron chi connectivity index (χ0n) is 20.9. The van der Waals surface area contributed by atoms with Crippen LogP contribution in [0.25, 0.3) is 0 Å². The van der Waals surface area contributed by atoms with E-state index in [1.54, 1.807) is 17.0 Å². The number of methoxy groups -OCH3 is 1. The first kappa shape index (κ1) is 26.3. The fraction of sp³-hybridized carbons (Fsp3) is 0.481. The van der Waals surface area contributed by atoms with Gasteiger partial charge >= 0.3 is 5.97 Å². The number of sulfonamides is 1.